The minimum Gasteiger partial charge on any atom is -0.440 e. The van der Waals surface area contributed by atoms with E-state index >= 15 is 0 Å². The molecular formula is C23H30N4O3. The van der Waals surface area contributed by atoms with Crippen LogP contribution in [0, 0.1) is 0 Å². The molecule has 2 fully saturated rings. The number of oxazole rings is 1. The predicted octanol–water partition coefficient (Wildman–Crippen LogP) is 2.89. The van der Waals surface area contributed by atoms with E-state index in [9.17, 15) is 9.59 Å². The summed E-state index contributed by atoms with van der Waals surface area (Å²) in [5.41, 5.74) is 1.34. The Hall–Kier alpha value is -2.67. The van der Waals surface area contributed by atoms with Crippen LogP contribution >= 0.6 is 0 Å². The lowest BCUT2D eigenvalue weighted by Crippen LogP contribution is -2.51. The average Bonchev–Trinajstić information content (AvgIpc) is 3.52. The summed E-state index contributed by atoms with van der Waals surface area (Å²) in [5.74, 6) is 1.53. The highest BCUT2D eigenvalue weighted by molar-refractivity contribution is 5.94. The standard InChI is InChI=1S/C23H30N4O3/c1-3-16(2)24-19(28)15-26-11-13-27(14-12-26)23(29)20-21(17-9-10-17)30-22(25-20)18-7-5-4-6-8-18/h4-8,16-17H,3,9-15H2,1-2H3,(H,24,28). The molecule has 160 valence electrons. The first-order valence-electron chi connectivity index (χ1n) is 10.9. The predicted molar refractivity (Wildman–Crippen MR) is 114 cm³/mol. The number of hydrogen-bond donors (Lipinski definition) is 1. The van der Waals surface area contributed by atoms with Crippen molar-refractivity contribution in [1.29, 1.82) is 0 Å². The monoisotopic (exact) mass is 410 g/mol. The summed E-state index contributed by atoms with van der Waals surface area (Å²) in [6.45, 7) is 6.98. The molecule has 7 heteroatoms. The van der Waals surface area contributed by atoms with E-state index in [1.165, 1.54) is 0 Å². The Morgan fingerprint density at radius 3 is 2.50 bits per heavy atom. The first kappa shape index (κ1) is 20.6. The molecule has 1 unspecified atom stereocenters. The van der Waals surface area contributed by atoms with E-state index in [1.54, 1.807) is 0 Å². The smallest absolute Gasteiger partial charge is 0.276 e. The summed E-state index contributed by atoms with van der Waals surface area (Å²) in [4.78, 5) is 33.9. The number of rotatable bonds is 7. The van der Waals surface area contributed by atoms with E-state index in [-0.39, 0.29) is 17.9 Å². The molecule has 1 aromatic heterocycles. The molecule has 2 heterocycles. The maximum absolute atomic E-state index is 13.2. The molecule has 1 aliphatic carbocycles. The van der Waals surface area contributed by atoms with Crippen molar-refractivity contribution in [2.45, 2.75) is 45.1 Å². The average molecular weight is 411 g/mol. The van der Waals surface area contributed by atoms with Crippen LogP contribution in [0.15, 0.2) is 34.7 Å². The lowest BCUT2D eigenvalue weighted by atomic mass is 10.2. The highest BCUT2D eigenvalue weighted by Crippen LogP contribution is 2.43. The van der Waals surface area contributed by atoms with Gasteiger partial charge in [0.15, 0.2) is 5.69 Å². The summed E-state index contributed by atoms with van der Waals surface area (Å²) in [5, 5.41) is 3.00. The SMILES string of the molecule is CCC(C)NC(=O)CN1CCN(C(=O)c2nc(-c3ccccc3)oc2C2CC2)CC1. The number of nitrogens with zero attached hydrogens (tertiary/aromatic N) is 3. The zero-order valence-corrected chi connectivity index (χ0v) is 17.8. The molecule has 2 amide bonds. The van der Waals surface area contributed by atoms with Gasteiger partial charge in [0.2, 0.25) is 11.8 Å². The first-order chi connectivity index (χ1) is 14.5. The van der Waals surface area contributed by atoms with Crippen LogP contribution in [0.4, 0.5) is 0 Å². The molecule has 2 aromatic rings. The minimum atomic E-state index is -0.0634. The number of carbonyl (C=O) groups excluding carboxylic acids is 2. The Balaban J connectivity index is 1.40. The topological polar surface area (TPSA) is 78.7 Å². The molecule has 1 saturated heterocycles. The molecule has 2 aliphatic rings. The molecule has 0 radical (unpaired) electrons. The van der Waals surface area contributed by atoms with E-state index in [0.29, 0.717) is 50.2 Å². The fourth-order valence-electron chi connectivity index (χ4n) is 3.70. The van der Waals surface area contributed by atoms with Crippen molar-refractivity contribution in [2.75, 3.05) is 32.7 Å². The number of amides is 2. The van der Waals surface area contributed by atoms with Gasteiger partial charge in [0.1, 0.15) is 5.76 Å². The fraction of sp³-hybridized carbons (Fsp3) is 0.522. The molecule has 4 rings (SSSR count). The van der Waals surface area contributed by atoms with Gasteiger partial charge in [-0.15, -0.1) is 0 Å². The Labute approximate surface area is 177 Å². The Morgan fingerprint density at radius 2 is 1.87 bits per heavy atom. The van der Waals surface area contributed by atoms with Gasteiger partial charge >= 0.3 is 0 Å². The number of carbonyl (C=O) groups is 2. The van der Waals surface area contributed by atoms with Crippen LogP contribution in [0.25, 0.3) is 11.5 Å². The summed E-state index contributed by atoms with van der Waals surface area (Å²) < 4.78 is 6.04. The molecule has 30 heavy (non-hydrogen) atoms. The number of hydrogen-bond acceptors (Lipinski definition) is 5. The number of nitrogens with one attached hydrogen (secondary N) is 1. The normalized spacial score (nSPS) is 18.3. The van der Waals surface area contributed by atoms with Crippen LogP contribution in [0.2, 0.25) is 0 Å². The highest BCUT2D eigenvalue weighted by atomic mass is 16.4. The molecule has 1 aliphatic heterocycles. The zero-order chi connectivity index (χ0) is 21.1. The van der Waals surface area contributed by atoms with Gasteiger partial charge in [-0.25, -0.2) is 4.98 Å². The van der Waals surface area contributed by atoms with Crippen LogP contribution < -0.4 is 5.32 Å². The van der Waals surface area contributed by atoms with E-state index < -0.39 is 0 Å². The Kier molecular flexibility index (Phi) is 6.18. The number of aromatic nitrogens is 1. The lowest BCUT2D eigenvalue weighted by molar-refractivity contribution is -0.123. The summed E-state index contributed by atoms with van der Waals surface area (Å²) in [7, 11) is 0. The van der Waals surface area contributed by atoms with Gasteiger partial charge < -0.3 is 14.6 Å². The van der Waals surface area contributed by atoms with Crippen molar-refractivity contribution < 1.29 is 14.0 Å². The Bertz CT molecular complexity index is 883. The quantitative estimate of drug-likeness (QED) is 0.759. The van der Waals surface area contributed by atoms with Gasteiger partial charge in [-0.3, -0.25) is 14.5 Å². The molecule has 0 spiro atoms. The van der Waals surface area contributed by atoms with E-state index in [2.05, 4.69) is 22.1 Å². The number of piperazine rings is 1. The highest BCUT2D eigenvalue weighted by Gasteiger charge is 2.36. The molecule has 0 bridgehead atoms. The van der Waals surface area contributed by atoms with Gasteiger partial charge in [0.25, 0.3) is 5.91 Å². The third-order valence-electron chi connectivity index (χ3n) is 5.87. The second-order valence-corrected chi connectivity index (χ2v) is 8.32. The maximum Gasteiger partial charge on any atom is 0.276 e. The molecule has 1 N–H and O–H groups in total. The van der Waals surface area contributed by atoms with E-state index in [0.717, 1.165) is 30.6 Å². The third kappa shape index (κ3) is 4.73. The van der Waals surface area contributed by atoms with Crippen LogP contribution in [0.3, 0.4) is 0 Å². The van der Waals surface area contributed by atoms with Crippen LogP contribution in [0.1, 0.15) is 55.3 Å². The lowest BCUT2D eigenvalue weighted by Gasteiger charge is -2.34. The molecule has 1 saturated carbocycles. The van der Waals surface area contributed by atoms with Crippen molar-refractivity contribution in [2.24, 2.45) is 0 Å². The zero-order valence-electron chi connectivity index (χ0n) is 17.8. The van der Waals surface area contributed by atoms with Crippen molar-refractivity contribution in [3.05, 3.63) is 41.8 Å². The van der Waals surface area contributed by atoms with Crippen LogP contribution in [0.5, 0.6) is 0 Å². The Morgan fingerprint density at radius 1 is 1.17 bits per heavy atom. The van der Waals surface area contributed by atoms with E-state index in [1.807, 2.05) is 42.2 Å². The molecule has 7 nitrogen and oxygen atoms in total. The van der Waals surface area contributed by atoms with Gasteiger partial charge in [-0.2, -0.15) is 0 Å². The second-order valence-electron chi connectivity index (χ2n) is 8.32. The molecular weight excluding hydrogens is 380 g/mol. The minimum absolute atomic E-state index is 0.0455. The summed E-state index contributed by atoms with van der Waals surface area (Å²) >= 11 is 0. The van der Waals surface area contributed by atoms with Crippen molar-refractivity contribution in [3.63, 3.8) is 0 Å². The van der Waals surface area contributed by atoms with Gasteiger partial charge in [0.05, 0.1) is 6.54 Å². The van der Waals surface area contributed by atoms with Crippen LogP contribution in [-0.2, 0) is 4.79 Å². The second kappa shape index (κ2) is 9.00. The van der Waals surface area contributed by atoms with Crippen molar-refractivity contribution in [3.8, 4) is 11.5 Å². The van der Waals surface area contributed by atoms with Crippen molar-refractivity contribution >= 4 is 11.8 Å². The van der Waals surface area contributed by atoms with Gasteiger partial charge in [-0.05, 0) is 38.3 Å². The third-order valence-corrected chi connectivity index (χ3v) is 5.87. The first-order valence-corrected chi connectivity index (χ1v) is 10.9. The van der Waals surface area contributed by atoms with E-state index in [4.69, 9.17) is 4.42 Å². The molecule has 1 aromatic carbocycles. The summed E-state index contributed by atoms with van der Waals surface area (Å²) in [6.07, 6.45) is 3.01. The van der Waals surface area contributed by atoms with Crippen LogP contribution in [-0.4, -0.2) is 65.4 Å². The maximum atomic E-state index is 13.2. The molecule has 1 atom stereocenters. The summed E-state index contributed by atoms with van der Waals surface area (Å²) in [6, 6.07) is 9.90. The van der Waals surface area contributed by atoms with Gasteiger partial charge in [0, 0.05) is 43.7 Å². The fourth-order valence-corrected chi connectivity index (χ4v) is 3.70. The largest absolute Gasteiger partial charge is 0.440 e. The van der Waals surface area contributed by atoms with Gasteiger partial charge in [-0.1, -0.05) is 25.1 Å². The van der Waals surface area contributed by atoms with Crippen molar-refractivity contribution in [1.82, 2.24) is 20.1 Å². The number of benzene rings is 1.